The number of imidazole rings is 1. The van der Waals surface area contributed by atoms with Crippen molar-refractivity contribution < 1.29 is 4.79 Å². The van der Waals surface area contributed by atoms with Gasteiger partial charge in [-0.3, -0.25) is 9.58 Å². The average molecular weight is 416 g/mol. The number of aromatic nitrogens is 5. The Labute approximate surface area is 180 Å². The molecule has 0 amide bonds. The summed E-state index contributed by atoms with van der Waals surface area (Å²) in [6.07, 6.45) is 14.0. The van der Waals surface area contributed by atoms with E-state index >= 15 is 0 Å². The van der Waals surface area contributed by atoms with Crippen molar-refractivity contribution in [3.63, 3.8) is 0 Å². The number of nitrogens with one attached hydrogen (secondary N) is 1. The highest BCUT2D eigenvalue weighted by Crippen LogP contribution is 2.24. The Morgan fingerprint density at radius 2 is 1.67 bits per heavy atom. The van der Waals surface area contributed by atoms with Crippen molar-refractivity contribution in [1.82, 2.24) is 29.0 Å². The number of piperidine rings is 1. The Morgan fingerprint density at radius 3 is 2.30 bits per heavy atom. The summed E-state index contributed by atoms with van der Waals surface area (Å²) in [7, 11) is 0. The van der Waals surface area contributed by atoms with E-state index < -0.39 is 0 Å². The van der Waals surface area contributed by atoms with Crippen LogP contribution in [0.25, 0.3) is 5.65 Å². The van der Waals surface area contributed by atoms with E-state index in [1.165, 1.54) is 0 Å². The van der Waals surface area contributed by atoms with Gasteiger partial charge in [0.15, 0.2) is 11.5 Å². The van der Waals surface area contributed by atoms with Crippen molar-refractivity contribution >= 4 is 23.4 Å². The fraction of sp³-hybridized carbons (Fsp3) is 0.545. The summed E-state index contributed by atoms with van der Waals surface area (Å²) < 4.78 is 3.93. The average Bonchev–Trinajstić information content (AvgIpc) is 3.49. The van der Waals surface area contributed by atoms with E-state index in [0.29, 0.717) is 18.4 Å². The van der Waals surface area contributed by atoms with Gasteiger partial charge in [0, 0.05) is 44.1 Å². The fourth-order valence-electron chi connectivity index (χ4n) is 3.15. The molecule has 1 fully saturated rings. The molecule has 1 N–H and O–H groups in total. The van der Waals surface area contributed by atoms with Crippen molar-refractivity contribution in [3.05, 3.63) is 37.2 Å². The number of nitrogens with zero attached hydrogens (tertiary/aromatic N) is 6. The maximum Gasteiger partial charge on any atom is 0.180 e. The lowest BCUT2D eigenvalue weighted by molar-refractivity contribution is -0.109. The van der Waals surface area contributed by atoms with Crippen LogP contribution in [0.5, 0.6) is 0 Å². The molecule has 0 spiro atoms. The molecule has 0 bridgehead atoms. The summed E-state index contributed by atoms with van der Waals surface area (Å²) in [5, 5.41) is 7.77. The van der Waals surface area contributed by atoms with Gasteiger partial charge in [0.25, 0.3) is 0 Å². The molecule has 4 heterocycles. The lowest BCUT2D eigenvalue weighted by Crippen LogP contribution is -2.35. The largest absolute Gasteiger partial charge is 0.335 e. The van der Waals surface area contributed by atoms with Gasteiger partial charge in [-0.15, -0.1) is 0 Å². The first kappa shape index (κ1) is 25.3. The number of likely N-dealkylation sites (tertiary alicyclic amines) is 1. The monoisotopic (exact) mass is 415 g/mol. The van der Waals surface area contributed by atoms with E-state index in [9.17, 15) is 4.79 Å². The molecular formula is C22H37N7O. The predicted octanol–water partition coefficient (Wildman–Crippen LogP) is 4.58. The van der Waals surface area contributed by atoms with Crippen LogP contribution in [-0.2, 0) is 4.79 Å². The normalized spacial score (nSPS) is 13.8. The summed E-state index contributed by atoms with van der Waals surface area (Å²) in [6, 6.07) is 0.374. The second-order valence-electron chi connectivity index (χ2n) is 5.97. The maximum absolute atomic E-state index is 10.6. The summed E-state index contributed by atoms with van der Waals surface area (Å²) in [4.78, 5) is 21.4. The SMILES string of the molecule is CC.CC.CC.O=CCN1CCC(n2cc(Nc3nccn4ccnc34)cn2)CC1. The van der Waals surface area contributed by atoms with Gasteiger partial charge in [0.2, 0.25) is 0 Å². The van der Waals surface area contributed by atoms with Crippen LogP contribution in [0.3, 0.4) is 0 Å². The van der Waals surface area contributed by atoms with Gasteiger partial charge in [0.1, 0.15) is 6.29 Å². The Morgan fingerprint density at radius 1 is 1.03 bits per heavy atom. The standard InChI is InChI=1S/C16H19N7O.3C2H6/c24-10-9-21-5-1-14(2-6-21)23-12-13(11-19-23)20-15-16-18-4-8-22(16)7-3-17-15;3*1-2/h3-4,7-8,10-12,14H,1-2,5-6,9H2,(H,17,20);3*1-2H3. The van der Waals surface area contributed by atoms with Crippen molar-refractivity contribution in [2.45, 2.75) is 60.4 Å². The Kier molecular flexibility index (Phi) is 12.0. The molecule has 0 radical (unpaired) electrons. The van der Waals surface area contributed by atoms with E-state index in [1.54, 1.807) is 12.4 Å². The van der Waals surface area contributed by atoms with Crippen LogP contribution in [0.2, 0.25) is 0 Å². The lowest BCUT2D eigenvalue weighted by Gasteiger charge is -2.30. The molecule has 1 aliphatic heterocycles. The molecule has 8 nitrogen and oxygen atoms in total. The smallest absolute Gasteiger partial charge is 0.180 e. The highest BCUT2D eigenvalue weighted by Gasteiger charge is 2.21. The van der Waals surface area contributed by atoms with Crippen molar-refractivity contribution in [2.24, 2.45) is 0 Å². The molecule has 3 aromatic rings. The molecule has 4 rings (SSSR count). The third-order valence-electron chi connectivity index (χ3n) is 4.44. The molecule has 1 aliphatic rings. The number of aldehydes is 1. The molecule has 0 aromatic carbocycles. The number of carbonyl (C=O) groups excluding carboxylic acids is 1. The van der Waals surface area contributed by atoms with E-state index in [2.05, 4.69) is 25.3 Å². The second-order valence-corrected chi connectivity index (χ2v) is 5.97. The van der Waals surface area contributed by atoms with Crippen LogP contribution in [-0.4, -0.2) is 55.0 Å². The number of carbonyl (C=O) groups is 1. The molecule has 0 unspecified atom stereocenters. The molecule has 166 valence electrons. The van der Waals surface area contributed by atoms with Crippen molar-refractivity contribution in [2.75, 3.05) is 25.0 Å². The van der Waals surface area contributed by atoms with E-state index in [1.807, 2.05) is 75.4 Å². The molecule has 0 aliphatic carbocycles. The summed E-state index contributed by atoms with van der Waals surface area (Å²) in [5.74, 6) is 0.711. The first-order valence-electron chi connectivity index (χ1n) is 11.1. The fourth-order valence-corrected chi connectivity index (χ4v) is 3.15. The van der Waals surface area contributed by atoms with Crippen LogP contribution in [0, 0.1) is 0 Å². The molecule has 0 atom stereocenters. The molecule has 1 saturated heterocycles. The molecule has 8 heteroatoms. The number of fused-ring (bicyclic) bond motifs is 1. The van der Waals surface area contributed by atoms with Crippen molar-refractivity contribution in [1.29, 1.82) is 0 Å². The quantitative estimate of drug-likeness (QED) is 0.614. The van der Waals surface area contributed by atoms with Gasteiger partial charge in [-0.25, -0.2) is 9.97 Å². The number of hydrogen-bond donors (Lipinski definition) is 1. The van der Waals surface area contributed by atoms with Gasteiger partial charge in [-0.2, -0.15) is 5.10 Å². The minimum absolute atomic E-state index is 0.374. The summed E-state index contributed by atoms with van der Waals surface area (Å²) in [6.45, 7) is 14.4. The molecule has 0 saturated carbocycles. The highest BCUT2D eigenvalue weighted by atomic mass is 16.1. The Hall–Kier alpha value is -2.74. The van der Waals surface area contributed by atoms with Gasteiger partial charge in [0.05, 0.1) is 24.5 Å². The zero-order valence-electron chi connectivity index (χ0n) is 19.2. The number of hydrogen-bond acceptors (Lipinski definition) is 6. The third kappa shape index (κ3) is 6.66. The minimum Gasteiger partial charge on any atom is -0.335 e. The highest BCUT2D eigenvalue weighted by molar-refractivity contribution is 5.68. The third-order valence-corrected chi connectivity index (χ3v) is 4.44. The van der Waals surface area contributed by atoms with Gasteiger partial charge in [-0.05, 0) is 12.8 Å². The number of anilines is 2. The maximum atomic E-state index is 10.6. The topological polar surface area (TPSA) is 80.4 Å². The van der Waals surface area contributed by atoms with Gasteiger partial charge < -0.3 is 14.5 Å². The molecule has 3 aromatic heterocycles. The van der Waals surface area contributed by atoms with E-state index in [0.717, 1.165) is 43.6 Å². The van der Waals surface area contributed by atoms with Crippen LogP contribution in [0.1, 0.15) is 60.4 Å². The Bertz CT molecular complexity index is 835. The van der Waals surface area contributed by atoms with Gasteiger partial charge in [-0.1, -0.05) is 41.5 Å². The zero-order chi connectivity index (χ0) is 22.4. The first-order chi connectivity index (χ1) is 14.8. The van der Waals surface area contributed by atoms with Crippen LogP contribution in [0.4, 0.5) is 11.5 Å². The van der Waals surface area contributed by atoms with E-state index in [4.69, 9.17) is 0 Å². The zero-order valence-corrected chi connectivity index (χ0v) is 19.2. The summed E-state index contributed by atoms with van der Waals surface area (Å²) in [5.41, 5.74) is 1.68. The minimum atomic E-state index is 0.374. The van der Waals surface area contributed by atoms with E-state index in [-0.39, 0.29) is 0 Å². The predicted molar refractivity (Wildman–Crippen MR) is 123 cm³/mol. The lowest BCUT2D eigenvalue weighted by atomic mass is 10.1. The van der Waals surface area contributed by atoms with Crippen LogP contribution >= 0.6 is 0 Å². The Balaban J connectivity index is 0.000000691. The molecule has 30 heavy (non-hydrogen) atoms. The summed E-state index contributed by atoms with van der Waals surface area (Å²) >= 11 is 0. The van der Waals surface area contributed by atoms with Gasteiger partial charge >= 0.3 is 0 Å². The van der Waals surface area contributed by atoms with Crippen LogP contribution < -0.4 is 5.32 Å². The van der Waals surface area contributed by atoms with Crippen LogP contribution in [0.15, 0.2) is 37.2 Å². The second kappa shape index (κ2) is 14.3. The van der Waals surface area contributed by atoms with Crippen molar-refractivity contribution in [3.8, 4) is 0 Å². The number of rotatable bonds is 5. The first-order valence-corrected chi connectivity index (χ1v) is 11.1. The molecular weight excluding hydrogens is 378 g/mol.